The number of nitrogens with zero attached hydrogens (tertiary/aromatic N) is 3. The molecule has 2 heterocycles. The summed E-state index contributed by atoms with van der Waals surface area (Å²) in [6, 6.07) is 10.8. The maximum absolute atomic E-state index is 12.9. The first-order valence-corrected chi connectivity index (χ1v) is 10.4. The van der Waals surface area contributed by atoms with Crippen LogP contribution in [0.4, 0.5) is 0 Å². The quantitative estimate of drug-likeness (QED) is 0.381. The highest BCUT2D eigenvalue weighted by Crippen LogP contribution is 2.31. The molecule has 32 heavy (non-hydrogen) atoms. The van der Waals surface area contributed by atoms with Crippen LogP contribution in [0.15, 0.2) is 53.8 Å². The Hall–Kier alpha value is -3.85. The van der Waals surface area contributed by atoms with E-state index in [4.69, 9.17) is 18.9 Å². The molecule has 0 atom stereocenters. The van der Waals surface area contributed by atoms with Crippen molar-refractivity contribution in [2.75, 3.05) is 27.9 Å². The Morgan fingerprint density at radius 3 is 2.41 bits per heavy atom. The molecule has 2 aromatic heterocycles. The van der Waals surface area contributed by atoms with Gasteiger partial charge in [-0.05, 0) is 42.0 Å². The van der Waals surface area contributed by atoms with Crippen molar-refractivity contribution in [1.29, 1.82) is 0 Å². The average Bonchev–Trinajstić information content (AvgIpc) is 3.36. The second-order valence-electron chi connectivity index (χ2n) is 6.63. The van der Waals surface area contributed by atoms with E-state index in [0.717, 1.165) is 11.1 Å². The van der Waals surface area contributed by atoms with Crippen LogP contribution in [0.25, 0.3) is 22.4 Å². The van der Waals surface area contributed by atoms with E-state index in [9.17, 15) is 4.79 Å². The summed E-state index contributed by atoms with van der Waals surface area (Å²) in [4.78, 5) is 17.9. The van der Waals surface area contributed by atoms with Crippen LogP contribution >= 0.6 is 11.3 Å². The fraction of sp³-hybridized carbons (Fsp3) is 0.174. The molecule has 0 spiro atoms. The highest BCUT2D eigenvalue weighted by Gasteiger charge is 2.14. The topological polar surface area (TPSA) is 84.2 Å². The molecule has 0 N–H and O–H groups in total. The summed E-state index contributed by atoms with van der Waals surface area (Å²) in [7, 11) is 4.70. The molecule has 8 nitrogen and oxygen atoms in total. The van der Waals surface area contributed by atoms with Crippen LogP contribution in [-0.4, -0.2) is 42.5 Å². The smallest absolute Gasteiger partial charge is 0.291 e. The van der Waals surface area contributed by atoms with E-state index in [1.165, 1.54) is 15.9 Å². The van der Waals surface area contributed by atoms with Gasteiger partial charge in [0, 0.05) is 5.56 Å². The van der Waals surface area contributed by atoms with Gasteiger partial charge in [-0.1, -0.05) is 30.1 Å². The largest absolute Gasteiger partial charge is 0.493 e. The lowest BCUT2D eigenvalue weighted by Crippen LogP contribution is -2.23. The Morgan fingerprint density at radius 2 is 1.72 bits per heavy atom. The van der Waals surface area contributed by atoms with Gasteiger partial charge < -0.3 is 18.9 Å². The zero-order valence-electron chi connectivity index (χ0n) is 17.8. The minimum atomic E-state index is -0.241. The third kappa shape index (κ3) is 4.02. The number of ether oxygens (including phenoxy) is 4. The van der Waals surface area contributed by atoms with Crippen LogP contribution in [0, 0.1) is 0 Å². The first-order chi connectivity index (χ1) is 15.6. The minimum absolute atomic E-state index is 0.241. The predicted molar refractivity (Wildman–Crippen MR) is 123 cm³/mol. The molecule has 0 saturated carbocycles. The normalized spacial score (nSPS) is 11.5. The number of hydrogen-bond acceptors (Lipinski definition) is 8. The number of benzene rings is 2. The Labute approximate surface area is 188 Å². The standard InChI is InChI=1S/C23H21N3O5S/c1-5-10-31-17-8-6-14(11-18(17)29-3)12-20-22(27)26-23(32-20)24-21(25-26)15-7-9-16(28-2)19(13-15)30-4/h5-9,11-13H,1,10H2,2-4H3. The summed E-state index contributed by atoms with van der Waals surface area (Å²) in [6.45, 7) is 4.02. The molecule has 0 bridgehead atoms. The summed E-state index contributed by atoms with van der Waals surface area (Å²) < 4.78 is 23.4. The number of hydrogen-bond donors (Lipinski definition) is 0. The van der Waals surface area contributed by atoms with E-state index < -0.39 is 0 Å². The van der Waals surface area contributed by atoms with Crippen molar-refractivity contribution in [3.63, 3.8) is 0 Å². The second kappa shape index (κ2) is 9.11. The first kappa shape index (κ1) is 21.4. The fourth-order valence-corrected chi connectivity index (χ4v) is 4.03. The monoisotopic (exact) mass is 451 g/mol. The highest BCUT2D eigenvalue weighted by atomic mass is 32.1. The van der Waals surface area contributed by atoms with E-state index in [1.54, 1.807) is 51.7 Å². The van der Waals surface area contributed by atoms with Crippen LogP contribution in [-0.2, 0) is 0 Å². The summed E-state index contributed by atoms with van der Waals surface area (Å²) >= 11 is 1.26. The van der Waals surface area contributed by atoms with Gasteiger partial charge >= 0.3 is 0 Å². The lowest BCUT2D eigenvalue weighted by atomic mass is 10.2. The van der Waals surface area contributed by atoms with Gasteiger partial charge in [0.05, 0.1) is 25.9 Å². The summed E-state index contributed by atoms with van der Waals surface area (Å²) in [5, 5.41) is 4.39. The molecule has 4 aromatic rings. The van der Waals surface area contributed by atoms with Crippen LogP contribution in [0.5, 0.6) is 23.0 Å². The first-order valence-electron chi connectivity index (χ1n) is 9.63. The van der Waals surface area contributed by atoms with Gasteiger partial charge in [0.1, 0.15) is 6.61 Å². The van der Waals surface area contributed by atoms with E-state index in [1.807, 2.05) is 18.2 Å². The molecule has 2 aromatic carbocycles. The van der Waals surface area contributed by atoms with Gasteiger partial charge in [-0.15, -0.1) is 5.10 Å². The van der Waals surface area contributed by atoms with Crippen LogP contribution in [0.1, 0.15) is 5.56 Å². The van der Waals surface area contributed by atoms with Crippen LogP contribution in [0.3, 0.4) is 0 Å². The third-order valence-corrected chi connectivity index (χ3v) is 5.62. The lowest BCUT2D eigenvalue weighted by molar-refractivity contribution is 0.326. The molecule has 0 radical (unpaired) electrons. The molecule has 0 aliphatic rings. The molecule has 0 fully saturated rings. The minimum Gasteiger partial charge on any atom is -0.493 e. The molecule has 0 aliphatic carbocycles. The molecule has 4 rings (SSSR count). The van der Waals surface area contributed by atoms with E-state index in [-0.39, 0.29) is 5.56 Å². The van der Waals surface area contributed by atoms with Gasteiger partial charge in [0.2, 0.25) is 4.96 Å². The van der Waals surface area contributed by atoms with Crippen molar-refractivity contribution in [2.45, 2.75) is 0 Å². The molecular formula is C23H21N3O5S. The summed E-state index contributed by atoms with van der Waals surface area (Å²) in [6.07, 6.45) is 3.44. The van der Waals surface area contributed by atoms with Crippen molar-refractivity contribution >= 4 is 22.4 Å². The van der Waals surface area contributed by atoms with Gasteiger partial charge in [0.15, 0.2) is 28.8 Å². The lowest BCUT2D eigenvalue weighted by Gasteiger charge is -2.09. The van der Waals surface area contributed by atoms with Crippen molar-refractivity contribution in [3.8, 4) is 34.4 Å². The number of aromatic nitrogens is 3. The SMILES string of the molecule is C=CCOc1ccc(C=c2sc3nc(-c4ccc(OC)c(OC)c4)nn3c2=O)cc1OC. The molecule has 0 amide bonds. The Morgan fingerprint density at radius 1 is 1.00 bits per heavy atom. The van der Waals surface area contributed by atoms with Crippen molar-refractivity contribution < 1.29 is 18.9 Å². The second-order valence-corrected chi connectivity index (χ2v) is 7.63. The van der Waals surface area contributed by atoms with Crippen molar-refractivity contribution in [1.82, 2.24) is 14.6 Å². The van der Waals surface area contributed by atoms with E-state index in [2.05, 4.69) is 16.7 Å². The average molecular weight is 452 g/mol. The van der Waals surface area contributed by atoms with Crippen molar-refractivity contribution in [3.05, 3.63) is 69.5 Å². The van der Waals surface area contributed by atoms with Crippen molar-refractivity contribution in [2.24, 2.45) is 0 Å². The maximum atomic E-state index is 12.9. The maximum Gasteiger partial charge on any atom is 0.291 e. The molecule has 9 heteroatoms. The van der Waals surface area contributed by atoms with E-state index in [0.29, 0.717) is 44.9 Å². The number of thiazole rings is 1. The molecular weight excluding hydrogens is 430 g/mol. The van der Waals surface area contributed by atoms with Crippen LogP contribution < -0.4 is 29.0 Å². The highest BCUT2D eigenvalue weighted by molar-refractivity contribution is 7.15. The summed E-state index contributed by atoms with van der Waals surface area (Å²) in [5.74, 6) is 2.78. The Kier molecular flexibility index (Phi) is 6.09. The number of rotatable bonds is 8. The number of fused-ring (bicyclic) bond motifs is 1. The van der Waals surface area contributed by atoms with Gasteiger partial charge in [-0.2, -0.15) is 9.50 Å². The third-order valence-electron chi connectivity index (χ3n) is 4.67. The summed E-state index contributed by atoms with van der Waals surface area (Å²) in [5.41, 5.74) is 1.29. The molecule has 0 aliphatic heterocycles. The molecule has 164 valence electrons. The zero-order valence-corrected chi connectivity index (χ0v) is 18.6. The fourth-order valence-electron chi connectivity index (χ4n) is 3.12. The van der Waals surface area contributed by atoms with Gasteiger partial charge in [0.25, 0.3) is 5.56 Å². The van der Waals surface area contributed by atoms with Crippen LogP contribution in [0.2, 0.25) is 0 Å². The molecule has 0 unspecified atom stereocenters. The van der Waals surface area contributed by atoms with Gasteiger partial charge in [-0.3, -0.25) is 4.79 Å². The van der Waals surface area contributed by atoms with Gasteiger partial charge in [-0.25, -0.2) is 0 Å². The zero-order chi connectivity index (χ0) is 22.7. The molecule has 0 saturated heterocycles. The van der Waals surface area contributed by atoms with E-state index >= 15 is 0 Å². The predicted octanol–water partition coefficient (Wildman–Crippen LogP) is 2.96. The Balaban J connectivity index is 1.70. The Bertz CT molecular complexity index is 1390. The number of methoxy groups -OCH3 is 3.